The van der Waals surface area contributed by atoms with Crippen molar-refractivity contribution in [3.63, 3.8) is 0 Å². The molecule has 86 valence electrons. The van der Waals surface area contributed by atoms with Gasteiger partial charge in [0.1, 0.15) is 0 Å². The van der Waals surface area contributed by atoms with Crippen LogP contribution in [0.1, 0.15) is 33.1 Å². The third-order valence-electron chi connectivity index (χ3n) is 2.02. The van der Waals surface area contributed by atoms with Crippen LogP contribution in [0.4, 0.5) is 0 Å². The molecule has 0 spiro atoms. The second-order valence-corrected chi connectivity index (χ2v) is 3.90. The fourth-order valence-corrected chi connectivity index (χ4v) is 1.28. The van der Waals surface area contributed by atoms with Crippen LogP contribution in [0.2, 0.25) is 0 Å². The van der Waals surface area contributed by atoms with E-state index < -0.39 is 6.04 Å². The Kier molecular flexibility index (Phi) is 8.04. The topological polar surface area (TPSA) is 63.4 Å². The molecule has 0 aromatic heterocycles. The van der Waals surface area contributed by atoms with Crippen molar-refractivity contribution >= 4 is 12.0 Å². The number of allylic oxidation sites excluding steroid dienone is 3. The molecule has 0 aliphatic heterocycles. The van der Waals surface area contributed by atoms with Gasteiger partial charge in [0.15, 0.2) is 0 Å². The molecule has 1 atom stereocenters. The zero-order valence-electron chi connectivity index (χ0n) is 9.05. The van der Waals surface area contributed by atoms with E-state index >= 15 is 0 Å². The van der Waals surface area contributed by atoms with E-state index in [1.165, 1.54) is 0 Å². The Morgan fingerprint density at radius 2 is 2.33 bits per heavy atom. The molecule has 0 bridgehead atoms. The maximum absolute atomic E-state index is 10.3. The van der Waals surface area contributed by atoms with Crippen molar-refractivity contribution in [3.8, 4) is 0 Å². The first kappa shape index (κ1) is 14.2. The van der Waals surface area contributed by atoms with Crippen molar-refractivity contribution in [2.24, 2.45) is 0 Å². The first-order chi connectivity index (χ1) is 7.11. The number of nitrogens with zero attached hydrogens (tertiary/aromatic N) is 1. The lowest BCUT2D eigenvalue weighted by Gasteiger charge is -2.00. The quantitative estimate of drug-likeness (QED) is 0.239. The Hall–Kier alpha value is -0.810. The van der Waals surface area contributed by atoms with Crippen LogP contribution < -0.4 is 0 Å². The van der Waals surface area contributed by atoms with Gasteiger partial charge in [-0.25, -0.2) is 0 Å². The minimum absolute atomic E-state index is 0.259. The highest BCUT2D eigenvalue weighted by Gasteiger charge is 2.10. The highest BCUT2D eigenvalue weighted by molar-refractivity contribution is 7.97. The van der Waals surface area contributed by atoms with E-state index in [0.717, 1.165) is 17.7 Å². The van der Waals surface area contributed by atoms with E-state index in [1.807, 2.05) is 19.1 Å². The zero-order valence-corrected chi connectivity index (χ0v) is 9.87. The molecular formula is C10H17NO3S. The van der Waals surface area contributed by atoms with Crippen LogP contribution >= 0.6 is 12.0 Å². The van der Waals surface area contributed by atoms with Crippen molar-refractivity contribution in [1.29, 1.82) is 0 Å². The molecule has 0 fully saturated rings. The van der Waals surface area contributed by atoms with Gasteiger partial charge in [0.2, 0.25) is 6.04 Å². The summed E-state index contributed by atoms with van der Waals surface area (Å²) in [6, 6.07) is -0.466. The van der Waals surface area contributed by atoms with Crippen molar-refractivity contribution in [2.45, 2.75) is 39.2 Å². The van der Waals surface area contributed by atoms with Gasteiger partial charge in [-0.05, 0) is 19.8 Å². The lowest BCUT2D eigenvalue weighted by molar-refractivity contribution is -0.518. The first-order valence-corrected chi connectivity index (χ1v) is 5.67. The third kappa shape index (κ3) is 7.16. The monoisotopic (exact) mass is 231 g/mol. The minimum Gasteiger partial charge on any atom is -0.325 e. The SMILES string of the molecule is C/C=C(\C=C/CCCC(C)[N+](=O)[O-])SO. The fourth-order valence-electron chi connectivity index (χ4n) is 1.02. The van der Waals surface area contributed by atoms with Gasteiger partial charge in [-0.3, -0.25) is 10.1 Å². The Morgan fingerprint density at radius 1 is 1.67 bits per heavy atom. The fraction of sp³-hybridized carbons (Fsp3) is 0.600. The van der Waals surface area contributed by atoms with Crippen LogP contribution in [0.3, 0.4) is 0 Å². The molecule has 15 heavy (non-hydrogen) atoms. The lowest BCUT2D eigenvalue weighted by Crippen LogP contribution is -2.14. The highest BCUT2D eigenvalue weighted by atomic mass is 32.2. The molecule has 0 amide bonds. The number of nitro groups is 1. The molecule has 0 aromatic carbocycles. The number of rotatable bonds is 7. The molecule has 0 saturated carbocycles. The van der Waals surface area contributed by atoms with Gasteiger partial charge < -0.3 is 4.55 Å². The van der Waals surface area contributed by atoms with Crippen molar-refractivity contribution in [1.82, 2.24) is 0 Å². The van der Waals surface area contributed by atoms with E-state index in [1.54, 1.807) is 13.0 Å². The van der Waals surface area contributed by atoms with Gasteiger partial charge >= 0.3 is 0 Å². The average Bonchev–Trinajstić information content (AvgIpc) is 2.23. The Labute approximate surface area is 94.4 Å². The van der Waals surface area contributed by atoms with Crippen LogP contribution in [-0.2, 0) is 0 Å². The number of unbranched alkanes of at least 4 members (excludes halogenated alkanes) is 1. The minimum atomic E-state index is -0.466. The summed E-state index contributed by atoms with van der Waals surface area (Å²) in [4.78, 5) is 10.8. The summed E-state index contributed by atoms with van der Waals surface area (Å²) in [5, 5.41) is 10.3. The standard InChI is InChI=1S/C10H17NO3S/c1-3-10(15-14)8-6-4-5-7-9(2)11(12)13/h3,6,8-9,14H,4-5,7H2,1-2H3/b8-6-,10-3+. The largest absolute Gasteiger partial charge is 0.325 e. The molecule has 0 aromatic rings. The summed E-state index contributed by atoms with van der Waals surface area (Å²) in [6.45, 7) is 3.46. The molecule has 4 nitrogen and oxygen atoms in total. The van der Waals surface area contributed by atoms with Gasteiger partial charge in [-0.1, -0.05) is 18.2 Å². The summed E-state index contributed by atoms with van der Waals surface area (Å²) >= 11 is 0.705. The molecule has 0 aliphatic carbocycles. The number of hydrogen-bond donors (Lipinski definition) is 1. The molecule has 0 saturated heterocycles. The van der Waals surface area contributed by atoms with E-state index in [4.69, 9.17) is 4.55 Å². The van der Waals surface area contributed by atoms with Crippen molar-refractivity contribution in [2.75, 3.05) is 0 Å². The van der Waals surface area contributed by atoms with Crippen LogP contribution in [0, 0.1) is 10.1 Å². The second-order valence-electron chi connectivity index (χ2n) is 3.25. The van der Waals surface area contributed by atoms with E-state index in [0.29, 0.717) is 18.5 Å². The summed E-state index contributed by atoms with van der Waals surface area (Å²) in [6.07, 6.45) is 7.74. The van der Waals surface area contributed by atoms with Gasteiger partial charge in [-0.15, -0.1) is 0 Å². The van der Waals surface area contributed by atoms with Gasteiger partial charge in [0, 0.05) is 35.2 Å². The normalized spacial score (nSPS) is 14.5. The predicted molar refractivity (Wildman–Crippen MR) is 63.4 cm³/mol. The Morgan fingerprint density at radius 3 is 2.80 bits per heavy atom. The highest BCUT2D eigenvalue weighted by Crippen LogP contribution is 2.13. The molecule has 1 unspecified atom stereocenters. The van der Waals surface area contributed by atoms with Crippen LogP contribution in [-0.4, -0.2) is 15.5 Å². The maximum atomic E-state index is 10.3. The van der Waals surface area contributed by atoms with E-state index in [-0.39, 0.29) is 4.92 Å². The smallest absolute Gasteiger partial charge is 0.210 e. The molecule has 5 heteroatoms. The van der Waals surface area contributed by atoms with Gasteiger partial charge in [0.05, 0.1) is 0 Å². The van der Waals surface area contributed by atoms with Crippen molar-refractivity contribution < 1.29 is 9.48 Å². The second kappa shape index (κ2) is 8.49. The van der Waals surface area contributed by atoms with E-state index in [2.05, 4.69) is 0 Å². The summed E-state index contributed by atoms with van der Waals surface area (Å²) in [7, 11) is 0. The van der Waals surface area contributed by atoms with Gasteiger partial charge in [0.25, 0.3) is 0 Å². The maximum Gasteiger partial charge on any atom is 0.210 e. The Bertz CT molecular complexity index is 251. The first-order valence-electron chi connectivity index (χ1n) is 4.89. The van der Waals surface area contributed by atoms with Crippen LogP contribution in [0.5, 0.6) is 0 Å². The lowest BCUT2D eigenvalue weighted by atomic mass is 10.1. The van der Waals surface area contributed by atoms with Crippen molar-refractivity contribution in [3.05, 3.63) is 33.2 Å². The summed E-state index contributed by atoms with van der Waals surface area (Å²) in [5.41, 5.74) is 0. The number of hydrogen-bond acceptors (Lipinski definition) is 4. The molecular weight excluding hydrogens is 214 g/mol. The molecule has 1 N–H and O–H groups in total. The molecule has 0 rings (SSSR count). The zero-order chi connectivity index (χ0) is 11.7. The molecule has 0 heterocycles. The van der Waals surface area contributed by atoms with Crippen LogP contribution in [0.25, 0.3) is 0 Å². The van der Waals surface area contributed by atoms with E-state index in [9.17, 15) is 10.1 Å². The predicted octanol–water partition coefficient (Wildman–Crippen LogP) is 3.49. The van der Waals surface area contributed by atoms with Gasteiger partial charge in [-0.2, -0.15) is 0 Å². The third-order valence-corrected chi connectivity index (χ3v) is 2.61. The summed E-state index contributed by atoms with van der Waals surface area (Å²) in [5.74, 6) is 0. The summed E-state index contributed by atoms with van der Waals surface area (Å²) < 4.78 is 8.75. The molecule has 0 radical (unpaired) electrons. The molecule has 0 aliphatic rings. The van der Waals surface area contributed by atoms with Crippen LogP contribution in [0.15, 0.2) is 23.1 Å². The Balaban J connectivity index is 3.67. The average molecular weight is 231 g/mol.